The van der Waals surface area contributed by atoms with Crippen LogP contribution in [0.4, 0.5) is 0 Å². The molecule has 0 radical (unpaired) electrons. The number of aldehydes is 1. The lowest BCUT2D eigenvalue weighted by Gasteiger charge is -2.17. The fourth-order valence-corrected chi connectivity index (χ4v) is 2.19. The van der Waals surface area contributed by atoms with Gasteiger partial charge < -0.3 is 14.3 Å². The summed E-state index contributed by atoms with van der Waals surface area (Å²) in [5.74, 6) is -0.225. The van der Waals surface area contributed by atoms with Gasteiger partial charge in [-0.2, -0.15) is 0 Å². The normalized spacial score (nSPS) is 13.3. The minimum atomic E-state index is -0.751. The maximum absolute atomic E-state index is 12.3. The van der Waals surface area contributed by atoms with E-state index in [9.17, 15) is 9.59 Å². The van der Waals surface area contributed by atoms with Gasteiger partial charge in [-0.25, -0.2) is 0 Å². The summed E-state index contributed by atoms with van der Waals surface area (Å²) in [5, 5.41) is 0. The van der Waals surface area contributed by atoms with Gasteiger partial charge in [0.25, 0.3) is 0 Å². The summed E-state index contributed by atoms with van der Waals surface area (Å²) in [5.41, 5.74) is 1.49. The van der Waals surface area contributed by atoms with E-state index >= 15 is 0 Å². The molecule has 2 aromatic carbocycles. The van der Waals surface area contributed by atoms with Crippen molar-refractivity contribution in [1.82, 2.24) is 0 Å². The molecule has 2 rings (SSSR count). The molecule has 22 heavy (non-hydrogen) atoms. The maximum Gasteiger partial charge on any atom is 0.191 e. The molecule has 0 N–H and O–H groups in total. The molecule has 4 heteroatoms. The van der Waals surface area contributed by atoms with E-state index in [1.54, 1.807) is 12.1 Å². The molecule has 0 saturated heterocycles. The van der Waals surface area contributed by atoms with Gasteiger partial charge >= 0.3 is 0 Å². The standard InChI is InChI=1S/C18H18O4/c1-21-18(15-10-6-3-7-11-15)16(20)13-22-17(12-19)14-8-4-2-5-9-14/h2-12,17-18H,13H2,1H3/t17-,18-/m1/s1. The van der Waals surface area contributed by atoms with Gasteiger partial charge in [0.05, 0.1) is 0 Å². The third-order valence-corrected chi connectivity index (χ3v) is 3.29. The van der Waals surface area contributed by atoms with Crippen LogP contribution in [0, 0.1) is 0 Å². The number of ketones is 1. The Morgan fingerprint density at radius 1 is 1.00 bits per heavy atom. The fraction of sp³-hybridized carbons (Fsp3) is 0.222. The highest BCUT2D eigenvalue weighted by Gasteiger charge is 2.21. The summed E-state index contributed by atoms with van der Waals surface area (Å²) in [7, 11) is 1.48. The van der Waals surface area contributed by atoms with E-state index < -0.39 is 12.2 Å². The topological polar surface area (TPSA) is 52.6 Å². The molecule has 114 valence electrons. The number of ether oxygens (including phenoxy) is 2. The number of hydrogen-bond donors (Lipinski definition) is 0. The first-order valence-electron chi connectivity index (χ1n) is 6.98. The van der Waals surface area contributed by atoms with Crippen LogP contribution in [-0.4, -0.2) is 25.8 Å². The lowest BCUT2D eigenvalue weighted by molar-refractivity contribution is -0.137. The molecule has 0 aromatic heterocycles. The molecule has 0 aliphatic carbocycles. The second kappa shape index (κ2) is 8.22. The summed E-state index contributed by atoms with van der Waals surface area (Å²) in [4.78, 5) is 23.4. The Bertz CT molecular complexity index is 595. The third kappa shape index (κ3) is 4.10. The number of Topliss-reactive ketones (excluding diaryl/α,β-unsaturated/α-hetero) is 1. The zero-order valence-electron chi connectivity index (χ0n) is 12.3. The van der Waals surface area contributed by atoms with Crippen molar-refractivity contribution < 1.29 is 19.1 Å². The van der Waals surface area contributed by atoms with Gasteiger partial charge in [-0.3, -0.25) is 4.79 Å². The molecule has 0 spiro atoms. The summed E-state index contributed by atoms with van der Waals surface area (Å²) in [6, 6.07) is 18.3. The van der Waals surface area contributed by atoms with Crippen molar-refractivity contribution in [3.05, 3.63) is 71.8 Å². The van der Waals surface area contributed by atoms with Crippen molar-refractivity contribution in [3.8, 4) is 0 Å². The quantitative estimate of drug-likeness (QED) is 0.703. The number of carbonyl (C=O) groups is 2. The first-order chi connectivity index (χ1) is 10.8. The number of benzene rings is 2. The summed E-state index contributed by atoms with van der Waals surface area (Å²) >= 11 is 0. The Morgan fingerprint density at radius 2 is 1.55 bits per heavy atom. The first kappa shape index (κ1) is 16.1. The average molecular weight is 298 g/mol. The Hall–Kier alpha value is -2.30. The zero-order valence-corrected chi connectivity index (χ0v) is 12.3. The van der Waals surface area contributed by atoms with Gasteiger partial charge in [0.1, 0.15) is 18.8 Å². The largest absolute Gasteiger partial charge is 0.369 e. The zero-order chi connectivity index (χ0) is 15.8. The predicted octanol–water partition coefficient (Wildman–Crippen LogP) is 2.90. The van der Waals surface area contributed by atoms with E-state index in [2.05, 4.69) is 0 Å². The van der Waals surface area contributed by atoms with Crippen molar-refractivity contribution in [3.63, 3.8) is 0 Å². The van der Waals surface area contributed by atoms with Crippen LogP contribution >= 0.6 is 0 Å². The molecular formula is C18H18O4. The molecule has 0 aliphatic heterocycles. The highest BCUT2D eigenvalue weighted by atomic mass is 16.5. The van der Waals surface area contributed by atoms with Crippen molar-refractivity contribution in [1.29, 1.82) is 0 Å². The molecule has 2 atom stereocenters. The van der Waals surface area contributed by atoms with Crippen LogP contribution in [0.5, 0.6) is 0 Å². The lowest BCUT2D eigenvalue weighted by Crippen LogP contribution is -2.21. The molecule has 0 heterocycles. The van der Waals surface area contributed by atoms with Gasteiger partial charge in [-0.15, -0.1) is 0 Å². The third-order valence-electron chi connectivity index (χ3n) is 3.29. The molecule has 0 amide bonds. The second-order valence-corrected chi connectivity index (χ2v) is 4.77. The van der Waals surface area contributed by atoms with Crippen LogP contribution in [0.3, 0.4) is 0 Å². The summed E-state index contributed by atoms with van der Waals surface area (Å²) < 4.78 is 10.7. The second-order valence-electron chi connectivity index (χ2n) is 4.77. The SMILES string of the molecule is CO[C@@H](C(=O)CO[C@H](C=O)c1ccccc1)c1ccccc1. The van der Waals surface area contributed by atoms with Crippen molar-refractivity contribution in [2.45, 2.75) is 12.2 Å². The van der Waals surface area contributed by atoms with Gasteiger partial charge in [-0.1, -0.05) is 60.7 Å². The predicted molar refractivity (Wildman–Crippen MR) is 82.4 cm³/mol. The Morgan fingerprint density at radius 3 is 2.05 bits per heavy atom. The van der Waals surface area contributed by atoms with Gasteiger partial charge in [0, 0.05) is 7.11 Å². The minimum Gasteiger partial charge on any atom is -0.369 e. The lowest BCUT2D eigenvalue weighted by atomic mass is 10.1. The van der Waals surface area contributed by atoms with Crippen LogP contribution in [0.15, 0.2) is 60.7 Å². The molecule has 4 nitrogen and oxygen atoms in total. The monoisotopic (exact) mass is 298 g/mol. The van der Waals surface area contributed by atoms with Crippen molar-refractivity contribution >= 4 is 12.1 Å². The first-order valence-corrected chi connectivity index (χ1v) is 6.98. The number of methoxy groups -OCH3 is 1. The van der Waals surface area contributed by atoms with E-state index in [1.807, 2.05) is 48.5 Å². The van der Waals surface area contributed by atoms with Gasteiger partial charge in [0.15, 0.2) is 12.1 Å². The number of hydrogen-bond acceptors (Lipinski definition) is 4. The van der Waals surface area contributed by atoms with Gasteiger partial charge in [-0.05, 0) is 11.1 Å². The molecule has 0 fully saturated rings. The van der Waals surface area contributed by atoms with Crippen LogP contribution in [-0.2, 0) is 19.1 Å². The maximum atomic E-state index is 12.3. The molecule has 2 aromatic rings. The fourth-order valence-electron chi connectivity index (χ4n) is 2.19. The smallest absolute Gasteiger partial charge is 0.191 e. The van der Waals surface area contributed by atoms with E-state index in [0.717, 1.165) is 11.1 Å². The summed E-state index contributed by atoms with van der Waals surface area (Å²) in [6.45, 7) is -0.189. The van der Waals surface area contributed by atoms with E-state index in [4.69, 9.17) is 9.47 Å². The van der Waals surface area contributed by atoms with E-state index in [1.165, 1.54) is 7.11 Å². The Labute approximate surface area is 129 Å². The molecule has 0 aliphatic rings. The minimum absolute atomic E-state index is 0.189. The van der Waals surface area contributed by atoms with E-state index in [0.29, 0.717) is 6.29 Å². The average Bonchev–Trinajstić information content (AvgIpc) is 2.58. The molecule has 0 saturated carbocycles. The van der Waals surface area contributed by atoms with Crippen molar-refractivity contribution in [2.75, 3.05) is 13.7 Å². The van der Waals surface area contributed by atoms with Gasteiger partial charge in [0.2, 0.25) is 0 Å². The number of carbonyl (C=O) groups excluding carboxylic acids is 2. The van der Waals surface area contributed by atoms with Crippen LogP contribution in [0.1, 0.15) is 23.3 Å². The Balaban J connectivity index is 2.00. The molecule has 0 unspecified atom stereocenters. The van der Waals surface area contributed by atoms with Crippen LogP contribution in [0.2, 0.25) is 0 Å². The van der Waals surface area contributed by atoms with Crippen LogP contribution in [0.25, 0.3) is 0 Å². The van der Waals surface area contributed by atoms with Crippen molar-refractivity contribution in [2.24, 2.45) is 0 Å². The Kier molecular flexibility index (Phi) is 6.01. The number of rotatable bonds is 8. The summed E-state index contributed by atoms with van der Waals surface area (Å²) in [6.07, 6.45) is -0.754. The highest BCUT2D eigenvalue weighted by molar-refractivity contribution is 5.85. The van der Waals surface area contributed by atoms with Crippen LogP contribution < -0.4 is 0 Å². The van der Waals surface area contributed by atoms with E-state index in [-0.39, 0.29) is 12.4 Å². The molecular weight excluding hydrogens is 280 g/mol. The highest BCUT2D eigenvalue weighted by Crippen LogP contribution is 2.20. The molecule has 0 bridgehead atoms.